The van der Waals surface area contributed by atoms with Gasteiger partial charge in [-0.25, -0.2) is 13.1 Å². The topological polar surface area (TPSA) is 132 Å². The van der Waals surface area contributed by atoms with Crippen molar-refractivity contribution in [3.05, 3.63) is 17.5 Å². The Kier molecular flexibility index (Phi) is 5.77. The quantitative estimate of drug-likeness (QED) is 0.764. The second-order valence-corrected chi connectivity index (χ2v) is 7.38. The molecule has 10 heteroatoms. The van der Waals surface area contributed by atoms with Crippen molar-refractivity contribution in [1.29, 1.82) is 0 Å². The summed E-state index contributed by atoms with van der Waals surface area (Å²) in [5, 5.41) is 1.58. The number of thiophene rings is 1. The van der Waals surface area contributed by atoms with E-state index >= 15 is 0 Å². The van der Waals surface area contributed by atoms with Crippen molar-refractivity contribution in [3.8, 4) is 0 Å². The summed E-state index contributed by atoms with van der Waals surface area (Å²) in [6, 6.07) is 2.95. The summed E-state index contributed by atoms with van der Waals surface area (Å²) in [7, 11) is -6.87. The van der Waals surface area contributed by atoms with E-state index in [0.717, 1.165) is 18.4 Å². The van der Waals surface area contributed by atoms with Crippen LogP contribution >= 0.6 is 18.9 Å². The fourth-order valence-corrected chi connectivity index (χ4v) is 3.86. The molecule has 0 radical (unpaired) electrons. The number of hydrogen-bond donors (Lipinski definition) is 2. The van der Waals surface area contributed by atoms with Crippen molar-refractivity contribution in [1.82, 2.24) is 10.9 Å². The molecule has 0 aromatic carbocycles. The molecule has 0 aliphatic rings. The van der Waals surface area contributed by atoms with Gasteiger partial charge in [-0.3, -0.25) is 0 Å². The maximum absolute atomic E-state index is 11.4. The number of quaternary nitrogens is 1. The molecule has 0 saturated carbocycles. The average Bonchev–Trinajstić information content (AvgIpc) is 2.69. The first-order valence-electron chi connectivity index (χ1n) is 3.76. The number of rotatable bonds is 5. The lowest BCUT2D eigenvalue weighted by molar-refractivity contribution is -0.196. The first kappa shape index (κ1) is 15.7. The molecule has 0 saturated heterocycles. The molecule has 0 aliphatic heterocycles. The second-order valence-electron chi connectivity index (χ2n) is 2.53. The van der Waals surface area contributed by atoms with Gasteiger partial charge in [0.2, 0.25) is 0 Å². The predicted octanol–water partition coefficient (Wildman–Crippen LogP) is 0.560. The van der Waals surface area contributed by atoms with Crippen LogP contribution in [0.25, 0.3) is 0 Å². The monoisotopic (exact) mass is 288 g/mol. The molecular weight excluding hydrogens is 275 g/mol. The zero-order chi connectivity index (χ0) is 11.5. The van der Waals surface area contributed by atoms with Gasteiger partial charge in [-0.15, -0.1) is 11.3 Å². The first-order valence-corrected chi connectivity index (χ1v) is 7.85. The molecule has 16 heavy (non-hydrogen) atoms. The molecule has 0 spiro atoms. The Morgan fingerprint density at radius 3 is 2.69 bits per heavy atom. The summed E-state index contributed by atoms with van der Waals surface area (Å²) in [4.78, 5) is 10.9. The van der Waals surface area contributed by atoms with E-state index in [9.17, 15) is 17.9 Å². The Morgan fingerprint density at radius 2 is 2.25 bits per heavy atom. The van der Waals surface area contributed by atoms with E-state index in [-0.39, 0.29) is 10.4 Å². The van der Waals surface area contributed by atoms with E-state index in [1.165, 1.54) is 6.07 Å². The summed E-state index contributed by atoms with van der Waals surface area (Å²) >= 11 is 1.01. The van der Waals surface area contributed by atoms with Gasteiger partial charge in [0.15, 0.2) is 0 Å². The van der Waals surface area contributed by atoms with Crippen molar-refractivity contribution < 1.29 is 22.4 Å². The molecule has 5 N–H and O–H groups in total. The lowest BCUT2D eigenvalue weighted by atomic mass is 10.7. The molecule has 1 aromatic heterocycles. The van der Waals surface area contributed by atoms with Gasteiger partial charge in [0, 0.05) is 7.11 Å². The third-order valence-corrected chi connectivity index (χ3v) is 5.60. The smallest absolute Gasteiger partial charge is 0.250 e. The van der Waals surface area contributed by atoms with Crippen molar-refractivity contribution >= 4 is 29.0 Å². The molecule has 1 atom stereocenters. The average molecular weight is 288 g/mol. The second kappa shape index (κ2) is 5.87. The third kappa shape index (κ3) is 4.30. The van der Waals surface area contributed by atoms with Crippen LogP contribution in [0.1, 0.15) is 0 Å². The van der Waals surface area contributed by atoms with Gasteiger partial charge in [-0.05, 0) is 11.4 Å². The normalized spacial score (nSPS) is 15.1. The summed E-state index contributed by atoms with van der Waals surface area (Å²) < 4.78 is 39.9. The van der Waals surface area contributed by atoms with Crippen molar-refractivity contribution in [2.24, 2.45) is 0 Å². The van der Waals surface area contributed by atoms with E-state index < -0.39 is 23.9 Å². The summed E-state index contributed by atoms with van der Waals surface area (Å²) in [6.07, 6.45) is -0.746. The lowest BCUT2D eigenvalue weighted by Crippen LogP contribution is -2.27. The van der Waals surface area contributed by atoms with Crippen LogP contribution in [0.2, 0.25) is 0 Å². The van der Waals surface area contributed by atoms with E-state index in [0.29, 0.717) is 0 Å². The van der Waals surface area contributed by atoms with Gasteiger partial charge in [0.25, 0.3) is 10.0 Å². The highest BCUT2D eigenvalue weighted by atomic mass is 32.2. The summed E-state index contributed by atoms with van der Waals surface area (Å²) in [5.74, 6) is 0. The van der Waals surface area contributed by atoms with Crippen LogP contribution < -0.4 is 15.8 Å². The minimum absolute atomic E-state index is 0. The fraction of sp³-hybridized carbons (Fsp3) is 0.333. The van der Waals surface area contributed by atoms with E-state index in [4.69, 9.17) is 0 Å². The Labute approximate surface area is 97.6 Å². The van der Waals surface area contributed by atoms with Crippen LogP contribution in [0.15, 0.2) is 21.7 Å². The SMILES string of the molecule is COP(=O)([O-])CNS(=O)(=O)c1cccs1.[NH4+]. The molecule has 0 amide bonds. The zero-order valence-corrected chi connectivity index (χ0v) is 11.3. The summed E-state index contributed by atoms with van der Waals surface area (Å²) in [6.45, 7) is 0. The molecular formula is C6H13N2O5PS2. The molecule has 1 heterocycles. The highest BCUT2D eigenvalue weighted by Gasteiger charge is 2.17. The molecule has 0 aliphatic carbocycles. The van der Waals surface area contributed by atoms with Crippen LogP contribution in [-0.2, 0) is 19.1 Å². The van der Waals surface area contributed by atoms with Crippen LogP contribution in [0.5, 0.6) is 0 Å². The largest absolute Gasteiger partial charge is 0.778 e. The lowest BCUT2D eigenvalue weighted by Gasteiger charge is -2.20. The highest BCUT2D eigenvalue weighted by Crippen LogP contribution is 2.34. The molecule has 94 valence electrons. The van der Waals surface area contributed by atoms with Crippen LogP contribution in [0, 0.1) is 0 Å². The minimum Gasteiger partial charge on any atom is -0.778 e. The van der Waals surface area contributed by atoms with Crippen LogP contribution in [0.4, 0.5) is 0 Å². The van der Waals surface area contributed by atoms with Crippen LogP contribution in [-0.4, -0.2) is 21.8 Å². The maximum Gasteiger partial charge on any atom is 0.250 e. The standard InChI is InChI=1S/C6H10NO5PS2.H3N/c1-12-13(8,9)5-7-15(10,11)6-3-2-4-14-6;/h2-4,7H,5H2,1H3,(H,8,9);1H3. The van der Waals surface area contributed by atoms with Crippen LogP contribution in [0.3, 0.4) is 0 Å². The van der Waals surface area contributed by atoms with Crippen molar-refractivity contribution in [2.75, 3.05) is 13.4 Å². The Hall–Kier alpha value is -0.280. The Bertz CT molecular complexity index is 457. The zero-order valence-electron chi connectivity index (χ0n) is 8.74. The molecule has 1 rings (SSSR count). The fourth-order valence-electron chi connectivity index (χ4n) is 0.716. The van der Waals surface area contributed by atoms with E-state index in [1.807, 2.05) is 4.72 Å². The molecule has 7 nitrogen and oxygen atoms in total. The number of sulfonamides is 1. The molecule has 0 fully saturated rings. The van der Waals surface area contributed by atoms with Gasteiger partial charge < -0.3 is 20.1 Å². The Balaban J connectivity index is 0.00000225. The number of nitrogens with one attached hydrogen (secondary N) is 1. The minimum atomic E-state index is -4.11. The van der Waals surface area contributed by atoms with Gasteiger partial charge in [-0.1, -0.05) is 6.07 Å². The summed E-state index contributed by atoms with van der Waals surface area (Å²) in [5.41, 5.74) is 0. The third-order valence-electron chi connectivity index (χ3n) is 1.49. The highest BCUT2D eigenvalue weighted by molar-refractivity contribution is 7.91. The van der Waals surface area contributed by atoms with E-state index in [2.05, 4.69) is 4.52 Å². The first-order chi connectivity index (χ1) is 6.87. The predicted molar refractivity (Wildman–Crippen MR) is 60.1 cm³/mol. The van der Waals surface area contributed by atoms with E-state index in [1.54, 1.807) is 11.4 Å². The van der Waals surface area contributed by atoms with Gasteiger partial charge in [0.05, 0.1) is 6.29 Å². The molecule has 1 aromatic rings. The maximum atomic E-state index is 11.4. The number of hydrogen-bond acceptors (Lipinski definition) is 6. The van der Waals surface area contributed by atoms with Crippen molar-refractivity contribution in [3.63, 3.8) is 0 Å². The van der Waals surface area contributed by atoms with Gasteiger partial charge in [0.1, 0.15) is 11.8 Å². The van der Waals surface area contributed by atoms with Gasteiger partial charge >= 0.3 is 0 Å². The van der Waals surface area contributed by atoms with Gasteiger partial charge in [-0.2, -0.15) is 0 Å². The Morgan fingerprint density at radius 1 is 1.62 bits per heavy atom. The van der Waals surface area contributed by atoms with Crippen molar-refractivity contribution in [2.45, 2.75) is 4.21 Å². The molecule has 1 unspecified atom stereocenters. The molecule has 0 bridgehead atoms.